The van der Waals surface area contributed by atoms with Gasteiger partial charge in [0.05, 0.1) is 4.90 Å². The average molecular weight is 275 g/mol. The Morgan fingerprint density at radius 2 is 2.11 bits per heavy atom. The molecule has 100 valence electrons. The van der Waals surface area contributed by atoms with Crippen molar-refractivity contribution in [2.24, 2.45) is 5.73 Å². The lowest BCUT2D eigenvalue weighted by molar-refractivity contribution is -0.137. The van der Waals surface area contributed by atoms with Gasteiger partial charge in [-0.25, -0.2) is 12.8 Å². The molecule has 0 aliphatic carbocycles. The molecule has 0 saturated heterocycles. The number of nitrogens with two attached hydrogens (primary N) is 1. The Morgan fingerprint density at radius 3 is 2.61 bits per heavy atom. The molecule has 0 spiro atoms. The molecule has 0 fully saturated rings. The molecular weight excluding hydrogens is 261 g/mol. The molecule has 1 atom stereocenters. The van der Waals surface area contributed by atoms with Crippen molar-refractivity contribution in [3.8, 4) is 0 Å². The third-order valence-corrected chi connectivity index (χ3v) is 3.61. The van der Waals surface area contributed by atoms with Gasteiger partial charge in [0.2, 0.25) is 0 Å². The monoisotopic (exact) mass is 275 g/mol. The summed E-state index contributed by atoms with van der Waals surface area (Å²) in [5.41, 5.74) is 5.52. The highest BCUT2D eigenvalue weighted by Gasteiger charge is 2.22. The van der Waals surface area contributed by atoms with Crippen molar-refractivity contribution < 1.29 is 22.7 Å². The molecule has 5 nitrogen and oxygen atoms in total. The number of hydrogen-bond donors (Lipinski definition) is 2. The Labute approximate surface area is 104 Å². The van der Waals surface area contributed by atoms with Crippen molar-refractivity contribution in [3.05, 3.63) is 29.6 Å². The number of rotatable bonds is 5. The second-order valence-electron chi connectivity index (χ2n) is 3.96. The Bertz CT molecular complexity index is 556. The summed E-state index contributed by atoms with van der Waals surface area (Å²) in [6, 6.07) is 2.67. The molecule has 1 rings (SSSR count). The maximum absolute atomic E-state index is 13.7. The Hall–Kier alpha value is -1.47. The van der Waals surface area contributed by atoms with Crippen molar-refractivity contribution >= 4 is 15.8 Å². The van der Waals surface area contributed by atoms with Crippen LogP contribution in [0.4, 0.5) is 4.39 Å². The van der Waals surface area contributed by atoms with E-state index in [2.05, 4.69) is 0 Å². The van der Waals surface area contributed by atoms with Crippen LogP contribution in [0.2, 0.25) is 0 Å². The van der Waals surface area contributed by atoms with E-state index < -0.39 is 27.7 Å². The average Bonchev–Trinajstić information content (AvgIpc) is 2.24. The van der Waals surface area contributed by atoms with Crippen LogP contribution >= 0.6 is 0 Å². The lowest BCUT2D eigenvalue weighted by Gasteiger charge is -2.15. The predicted octanol–water partition coefficient (Wildman–Crippen LogP) is 1.09. The number of carboxylic acid groups (broad SMARTS) is 1. The summed E-state index contributed by atoms with van der Waals surface area (Å²) in [7, 11) is -3.61. The number of benzene rings is 1. The smallest absolute Gasteiger partial charge is 0.303 e. The molecule has 7 heteroatoms. The molecule has 0 aliphatic heterocycles. The van der Waals surface area contributed by atoms with E-state index in [0.29, 0.717) is 0 Å². The zero-order valence-corrected chi connectivity index (χ0v) is 10.6. The zero-order valence-electron chi connectivity index (χ0n) is 9.76. The molecule has 18 heavy (non-hydrogen) atoms. The second-order valence-corrected chi connectivity index (χ2v) is 5.95. The molecule has 0 aliphatic rings. The molecule has 0 bridgehead atoms. The van der Waals surface area contributed by atoms with Crippen molar-refractivity contribution in [1.29, 1.82) is 0 Å². The van der Waals surface area contributed by atoms with Gasteiger partial charge in [-0.3, -0.25) is 4.79 Å². The van der Waals surface area contributed by atoms with Crippen LogP contribution in [0.3, 0.4) is 0 Å². The minimum absolute atomic E-state index is 0.0290. The van der Waals surface area contributed by atoms with Crippen LogP contribution < -0.4 is 5.73 Å². The summed E-state index contributed by atoms with van der Waals surface area (Å²) in [4.78, 5) is 10.2. The Balaban J connectivity index is 3.18. The predicted molar refractivity (Wildman–Crippen MR) is 63.3 cm³/mol. The summed E-state index contributed by atoms with van der Waals surface area (Å²) in [5.74, 6) is -1.81. The largest absolute Gasteiger partial charge is 0.481 e. The van der Waals surface area contributed by atoms with E-state index in [-0.39, 0.29) is 23.3 Å². The molecule has 1 aromatic rings. The molecule has 0 heterocycles. The first-order valence-corrected chi connectivity index (χ1v) is 7.08. The van der Waals surface area contributed by atoms with Crippen LogP contribution in [0.15, 0.2) is 23.1 Å². The van der Waals surface area contributed by atoms with Gasteiger partial charge in [-0.1, -0.05) is 6.07 Å². The van der Waals surface area contributed by atoms with Gasteiger partial charge < -0.3 is 10.8 Å². The first kappa shape index (κ1) is 14.6. The number of aliphatic carboxylic acids is 1. The third kappa shape index (κ3) is 3.51. The van der Waals surface area contributed by atoms with Gasteiger partial charge in [0.15, 0.2) is 9.84 Å². The molecule has 1 aromatic carbocycles. The highest BCUT2D eigenvalue weighted by molar-refractivity contribution is 7.90. The van der Waals surface area contributed by atoms with Crippen LogP contribution in [-0.2, 0) is 14.6 Å². The number of carboxylic acids is 1. The summed E-state index contributed by atoms with van der Waals surface area (Å²) in [6.45, 7) is 0. The lowest BCUT2D eigenvalue weighted by atomic mass is 10.0. The van der Waals surface area contributed by atoms with Crippen molar-refractivity contribution in [1.82, 2.24) is 0 Å². The minimum atomic E-state index is -3.61. The van der Waals surface area contributed by atoms with Gasteiger partial charge in [0, 0.05) is 24.3 Å². The van der Waals surface area contributed by atoms with E-state index in [9.17, 15) is 17.6 Å². The highest BCUT2D eigenvalue weighted by Crippen LogP contribution is 2.26. The topological polar surface area (TPSA) is 97.5 Å². The number of halogens is 1. The van der Waals surface area contributed by atoms with E-state index in [1.54, 1.807) is 0 Å². The molecule has 0 aromatic heterocycles. The maximum atomic E-state index is 13.7. The molecule has 0 saturated carbocycles. The standard InChI is InChI=1S/C11H14FNO4S/c1-18(16,17)9-4-2-3-7(12)11(9)8(13)5-6-10(14)15/h2-4,8H,5-6,13H2,1H3,(H,14,15). The molecule has 0 amide bonds. The van der Waals surface area contributed by atoms with Gasteiger partial charge in [-0.15, -0.1) is 0 Å². The summed E-state index contributed by atoms with van der Waals surface area (Å²) in [5, 5.41) is 8.54. The van der Waals surface area contributed by atoms with Gasteiger partial charge in [0.1, 0.15) is 5.82 Å². The van der Waals surface area contributed by atoms with Crippen LogP contribution in [-0.4, -0.2) is 25.7 Å². The third-order valence-electron chi connectivity index (χ3n) is 2.45. The fraction of sp³-hybridized carbons (Fsp3) is 0.364. The SMILES string of the molecule is CS(=O)(=O)c1cccc(F)c1C(N)CCC(=O)O. The molecular formula is C11H14FNO4S. The Kier molecular flexibility index (Phi) is 4.42. The van der Waals surface area contributed by atoms with Crippen LogP contribution in [0, 0.1) is 5.82 Å². The maximum Gasteiger partial charge on any atom is 0.303 e. The lowest BCUT2D eigenvalue weighted by Crippen LogP contribution is -2.17. The fourth-order valence-corrected chi connectivity index (χ4v) is 2.60. The van der Waals surface area contributed by atoms with Gasteiger partial charge >= 0.3 is 5.97 Å². The van der Waals surface area contributed by atoms with Crippen LogP contribution in [0.25, 0.3) is 0 Å². The minimum Gasteiger partial charge on any atom is -0.481 e. The normalized spacial score (nSPS) is 13.3. The summed E-state index contributed by atoms with van der Waals surface area (Å²) >= 11 is 0. The first-order chi connectivity index (χ1) is 8.23. The number of carbonyl (C=O) groups is 1. The van der Waals surface area contributed by atoms with E-state index in [4.69, 9.17) is 10.8 Å². The number of hydrogen-bond acceptors (Lipinski definition) is 4. The molecule has 3 N–H and O–H groups in total. The van der Waals surface area contributed by atoms with Crippen molar-refractivity contribution in [2.75, 3.05) is 6.26 Å². The van der Waals surface area contributed by atoms with Crippen LogP contribution in [0.1, 0.15) is 24.4 Å². The summed E-state index contributed by atoms with van der Waals surface area (Å²) < 4.78 is 36.7. The number of sulfone groups is 1. The van der Waals surface area contributed by atoms with Crippen molar-refractivity contribution in [3.63, 3.8) is 0 Å². The molecule has 1 unspecified atom stereocenters. The van der Waals surface area contributed by atoms with Crippen molar-refractivity contribution in [2.45, 2.75) is 23.8 Å². The molecule has 0 radical (unpaired) electrons. The van der Waals surface area contributed by atoms with Crippen LogP contribution in [0.5, 0.6) is 0 Å². The summed E-state index contributed by atoms with van der Waals surface area (Å²) in [6.07, 6.45) is 0.673. The Morgan fingerprint density at radius 1 is 1.50 bits per heavy atom. The van der Waals surface area contributed by atoms with Gasteiger partial charge in [-0.2, -0.15) is 0 Å². The second kappa shape index (κ2) is 5.45. The highest BCUT2D eigenvalue weighted by atomic mass is 32.2. The van der Waals surface area contributed by atoms with Gasteiger partial charge in [0.25, 0.3) is 0 Å². The first-order valence-electron chi connectivity index (χ1n) is 5.19. The van der Waals surface area contributed by atoms with E-state index >= 15 is 0 Å². The van der Waals surface area contributed by atoms with Gasteiger partial charge in [-0.05, 0) is 18.6 Å². The van der Waals surface area contributed by atoms with E-state index in [1.165, 1.54) is 12.1 Å². The van der Waals surface area contributed by atoms with E-state index in [0.717, 1.165) is 12.3 Å². The fourth-order valence-electron chi connectivity index (χ4n) is 1.62. The zero-order chi connectivity index (χ0) is 13.9. The van der Waals surface area contributed by atoms with E-state index in [1.807, 2.05) is 0 Å². The quantitative estimate of drug-likeness (QED) is 0.838.